The van der Waals surface area contributed by atoms with Crippen LogP contribution < -0.4 is 11.5 Å². The normalized spacial score (nSPS) is 9.39. The lowest BCUT2D eigenvalue weighted by Crippen LogP contribution is -2.16. The van der Waals surface area contributed by atoms with Crippen molar-refractivity contribution in [1.29, 1.82) is 0 Å². The topological polar surface area (TPSA) is 106 Å². The Labute approximate surface area is 171 Å². The fourth-order valence-corrected chi connectivity index (χ4v) is 2.24. The third-order valence-electron chi connectivity index (χ3n) is 3.66. The summed E-state index contributed by atoms with van der Waals surface area (Å²) in [6.45, 7) is 9.75. The summed E-state index contributed by atoms with van der Waals surface area (Å²) in [5.41, 5.74) is 11.6. The van der Waals surface area contributed by atoms with E-state index in [1.54, 1.807) is 6.07 Å². The molecule has 1 aromatic rings. The molecule has 5 N–H and O–H groups in total. The number of amides is 2. The predicted molar refractivity (Wildman–Crippen MR) is 118 cm³/mol. The average Bonchev–Trinajstić information content (AvgIpc) is 2.61. The second-order valence-corrected chi connectivity index (χ2v) is 7.14. The molecular weight excluding hydrogens is 352 g/mol. The second kappa shape index (κ2) is 19.5. The van der Waals surface area contributed by atoms with Gasteiger partial charge in [-0.25, -0.2) is 0 Å². The highest BCUT2D eigenvalue weighted by atomic mass is 16.3. The third kappa shape index (κ3) is 23.7. The van der Waals surface area contributed by atoms with Crippen LogP contribution in [-0.4, -0.2) is 16.9 Å². The molecule has 0 aliphatic heterocycles. The van der Waals surface area contributed by atoms with Crippen molar-refractivity contribution in [3.05, 3.63) is 42.0 Å². The minimum absolute atomic E-state index is 0.0509. The first-order valence-corrected chi connectivity index (χ1v) is 10.2. The van der Waals surface area contributed by atoms with Crippen LogP contribution >= 0.6 is 0 Å². The molecule has 0 atom stereocenters. The number of unbranched alkanes of at least 4 members (excludes halogenated alkanes) is 6. The van der Waals surface area contributed by atoms with E-state index < -0.39 is 11.8 Å². The molecule has 0 fully saturated rings. The SMILES string of the molecule is C=C(C)C.CCCCCCCCCc1ccccc1O.NC(=O)CCC(N)=O. The van der Waals surface area contributed by atoms with Crippen molar-refractivity contribution in [3.63, 3.8) is 0 Å². The largest absolute Gasteiger partial charge is 0.508 e. The van der Waals surface area contributed by atoms with Crippen LogP contribution in [0.5, 0.6) is 5.75 Å². The number of allylic oxidation sites excluding steroid dienone is 1. The van der Waals surface area contributed by atoms with Gasteiger partial charge in [0.25, 0.3) is 0 Å². The first-order valence-electron chi connectivity index (χ1n) is 10.2. The highest BCUT2D eigenvalue weighted by molar-refractivity contribution is 5.81. The van der Waals surface area contributed by atoms with Crippen LogP contribution in [0.25, 0.3) is 0 Å². The van der Waals surface area contributed by atoms with Crippen LogP contribution in [-0.2, 0) is 16.0 Å². The maximum atomic E-state index is 9.92. The summed E-state index contributed by atoms with van der Waals surface area (Å²) in [5, 5.41) is 9.58. The number of hydrogen-bond donors (Lipinski definition) is 3. The number of phenolic OH excluding ortho intramolecular Hbond substituents is 1. The third-order valence-corrected chi connectivity index (χ3v) is 3.66. The van der Waals surface area contributed by atoms with Crippen LogP contribution in [0.4, 0.5) is 0 Å². The number of nitrogens with two attached hydrogens (primary N) is 2. The molecule has 2 amide bonds. The Hall–Kier alpha value is -2.30. The van der Waals surface area contributed by atoms with Crippen LogP contribution in [0, 0.1) is 0 Å². The molecule has 0 heterocycles. The lowest BCUT2D eigenvalue weighted by atomic mass is 10.0. The van der Waals surface area contributed by atoms with Crippen molar-refractivity contribution < 1.29 is 14.7 Å². The maximum absolute atomic E-state index is 9.92. The molecule has 0 aromatic heterocycles. The highest BCUT2D eigenvalue weighted by Gasteiger charge is 1.99. The van der Waals surface area contributed by atoms with Gasteiger partial charge in [-0.15, -0.1) is 6.58 Å². The smallest absolute Gasteiger partial charge is 0.217 e. The summed E-state index contributed by atoms with van der Waals surface area (Å²) in [4.78, 5) is 19.8. The molecule has 0 aliphatic carbocycles. The van der Waals surface area contributed by atoms with Crippen molar-refractivity contribution in [3.8, 4) is 5.75 Å². The number of aryl methyl sites for hydroxylation is 1. The fraction of sp³-hybridized carbons (Fsp3) is 0.565. The van der Waals surface area contributed by atoms with Crippen LogP contribution in [0.3, 0.4) is 0 Å². The predicted octanol–water partition coefficient (Wildman–Crippen LogP) is 5.00. The van der Waals surface area contributed by atoms with Gasteiger partial charge in [0, 0.05) is 12.8 Å². The van der Waals surface area contributed by atoms with E-state index in [9.17, 15) is 14.7 Å². The second-order valence-electron chi connectivity index (χ2n) is 7.14. The molecule has 0 unspecified atom stereocenters. The Morgan fingerprint density at radius 2 is 1.32 bits per heavy atom. The van der Waals surface area contributed by atoms with Gasteiger partial charge in [0.15, 0.2) is 0 Å². The minimum Gasteiger partial charge on any atom is -0.508 e. The Balaban J connectivity index is 0. The Kier molecular flexibility index (Phi) is 19.4. The molecule has 1 aromatic carbocycles. The number of primary amides is 2. The Morgan fingerprint density at radius 3 is 1.75 bits per heavy atom. The molecule has 160 valence electrons. The first kappa shape index (κ1) is 27.9. The molecule has 0 aliphatic rings. The van der Waals surface area contributed by atoms with E-state index in [1.165, 1.54) is 50.5 Å². The molecule has 1 rings (SSSR count). The molecule has 5 heteroatoms. The van der Waals surface area contributed by atoms with Crippen molar-refractivity contribution >= 4 is 11.8 Å². The number of benzene rings is 1. The molecule has 5 nitrogen and oxygen atoms in total. The molecule has 28 heavy (non-hydrogen) atoms. The molecular formula is C23H40N2O3. The number of para-hydroxylation sites is 1. The van der Waals surface area contributed by atoms with Gasteiger partial charge in [-0.3, -0.25) is 9.59 Å². The molecule has 0 radical (unpaired) electrons. The van der Waals surface area contributed by atoms with Crippen LogP contribution in [0.15, 0.2) is 36.4 Å². The molecule has 0 bridgehead atoms. The summed E-state index contributed by atoms with van der Waals surface area (Å²) < 4.78 is 0. The quantitative estimate of drug-likeness (QED) is 0.364. The Morgan fingerprint density at radius 1 is 0.893 bits per heavy atom. The monoisotopic (exact) mass is 392 g/mol. The maximum Gasteiger partial charge on any atom is 0.217 e. The first-order chi connectivity index (χ1) is 13.2. The van der Waals surface area contributed by atoms with Gasteiger partial charge in [-0.05, 0) is 38.3 Å². The van der Waals surface area contributed by atoms with Gasteiger partial charge in [0.05, 0.1) is 0 Å². The van der Waals surface area contributed by atoms with Crippen molar-refractivity contribution in [1.82, 2.24) is 0 Å². The van der Waals surface area contributed by atoms with Gasteiger partial charge in [-0.1, -0.05) is 69.2 Å². The van der Waals surface area contributed by atoms with Crippen molar-refractivity contribution in [2.75, 3.05) is 0 Å². The van der Waals surface area contributed by atoms with Gasteiger partial charge in [0.2, 0.25) is 11.8 Å². The number of carbonyl (C=O) groups excluding carboxylic acids is 2. The molecule has 0 saturated heterocycles. The summed E-state index contributed by atoms with van der Waals surface area (Å²) in [6, 6.07) is 7.67. The van der Waals surface area contributed by atoms with Gasteiger partial charge in [-0.2, -0.15) is 0 Å². The molecule has 0 saturated carbocycles. The van der Waals surface area contributed by atoms with E-state index in [-0.39, 0.29) is 12.8 Å². The van der Waals surface area contributed by atoms with E-state index in [4.69, 9.17) is 11.5 Å². The van der Waals surface area contributed by atoms with E-state index >= 15 is 0 Å². The van der Waals surface area contributed by atoms with E-state index in [1.807, 2.05) is 32.0 Å². The molecule has 0 spiro atoms. The van der Waals surface area contributed by atoms with E-state index in [2.05, 4.69) is 13.5 Å². The standard InChI is InChI=1S/C15H24O.C4H8N2O2.C4H8/c1-2-3-4-5-6-7-8-11-14-12-9-10-13-15(14)16;5-3(7)1-2-4(6)8;1-4(2)3/h9-10,12-13,16H,2-8,11H2,1H3;1-2H2,(H2,5,7)(H2,6,8);1H2,2-3H3. The van der Waals surface area contributed by atoms with E-state index in [0.29, 0.717) is 5.75 Å². The number of carbonyl (C=O) groups is 2. The lowest BCUT2D eigenvalue weighted by molar-refractivity contribution is -0.123. The zero-order valence-electron chi connectivity index (χ0n) is 18.0. The van der Waals surface area contributed by atoms with Crippen molar-refractivity contribution in [2.24, 2.45) is 11.5 Å². The van der Waals surface area contributed by atoms with Gasteiger partial charge >= 0.3 is 0 Å². The summed E-state index contributed by atoms with van der Waals surface area (Å²) in [5.74, 6) is -0.541. The zero-order chi connectivity index (χ0) is 21.8. The number of hydrogen-bond acceptors (Lipinski definition) is 3. The van der Waals surface area contributed by atoms with Gasteiger partial charge < -0.3 is 16.6 Å². The lowest BCUT2D eigenvalue weighted by Gasteiger charge is -2.04. The van der Waals surface area contributed by atoms with Gasteiger partial charge in [0.1, 0.15) is 5.75 Å². The number of phenols is 1. The fourth-order valence-electron chi connectivity index (χ4n) is 2.24. The van der Waals surface area contributed by atoms with Crippen molar-refractivity contribution in [2.45, 2.75) is 85.0 Å². The minimum atomic E-state index is -0.496. The Bertz CT molecular complexity index is 539. The zero-order valence-corrected chi connectivity index (χ0v) is 18.0. The van der Waals surface area contributed by atoms with E-state index in [0.717, 1.165) is 12.0 Å². The van der Waals surface area contributed by atoms with Crippen LogP contribution in [0.2, 0.25) is 0 Å². The number of aromatic hydroxyl groups is 1. The summed E-state index contributed by atoms with van der Waals surface area (Å²) >= 11 is 0. The van der Waals surface area contributed by atoms with Crippen LogP contribution in [0.1, 0.15) is 84.1 Å². The summed E-state index contributed by atoms with van der Waals surface area (Å²) in [7, 11) is 0. The number of rotatable bonds is 11. The highest BCUT2D eigenvalue weighted by Crippen LogP contribution is 2.18. The summed E-state index contributed by atoms with van der Waals surface area (Å²) in [6.07, 6.45) is 10.4. The average molecular weight is 393 g/mol.